The average Bonchev–Trinajstić information content (AvgIpc) is 2.94. The summed E-state index contributed by atoms with van der Waals surface area (Å²) in [6.45, 7) is 1.90. The summed E-state index contributed by atoms with van der Waals surface area (Å²) < 4.78 is 0. The molecule has 0 saturated carbocycles. The predicted molar refractivity (Wildman–Crippen MR) is 90.6 cm³/mol. The molecule has 0 fully saturated rings. The third-order valence-corrected chi connectivity index (χ3v) is 3.62. The first-order valence-corrected chi connectivity index (χ1v) is 7.46. The van der Waals surface area contributed by atoms with E-state index in [0.29, 0.717) is 5.69 Å². The number of anilines is 1. The SMILES string of the molecule is Cc1ccc(O)c(NC(=S)NC(=O)C=Cc2cccs2)c1. The van der Waals surface area contributed by atoms with Crippen LogP contribution in [0.15, 0.2) is 41.8 Å². The van der Waals surface area contributed by atoms with Gasteiger partial charge in [0.1, 0.15) is 5.75 Å². The number of benzene rings is 1. The molecule has 3 N–H and O–H groups in total. The van der Waals surface area contributed by atoms with Crippen molar-refractivity contribution in [2.24, 2.45) is 0 Å². The van der Waals surface area contributed by atoms with Crippen LogP contribution in [-0.4, -0.2) is 16.1 Å². The maximum Gasteiger partial charge on any atom is 0.250 e. The predicted octanol–water partition coefficient (Wildman–Crippen LogP) is 3.29. The highest BCUT2D eigenvalue weighted by Crippen LogP contribution is 2.23. The van der Waals surface area contributed by atoms with Crippen LogP contribution in [-0.2, 0) is 4.79 Å². The van der Waals surface area contributed by atoms with Gasteiger partial charge in [-0.3, -0.25) is 10.1 Å². The second-order valence-electron chi connectivity index (χ2n) is 4.31. The monoisotopic (exact) mass is 318 g/mol. The molecule has 0 unspecified atom stereocenters. The third kappa shape index (κ3) is 4.70. The van der Waals surface area contributed by atoms with Crippen LogP contribution in [0.2, 0.25) is 0 Å². The molecule has 21 heavy (non-hydrogen) atoms. The van der Waals surface area contributed by atoms with Gasteiger partial charge in [-0.1, -0.05) is 12.1 Å². The minimum atomic E-state index is -0.326. The van der Waals surface area contributed by atoms with Crippen molar-refractivity contribution < 1.29 is 9.90 Å². The lowest BCUT2D eigenvalue weighted by Gasteiger charge is -2.10. The Morgan fingerprint density at radius 3 is 2.90 bits per heavy atom. The summed E-state index contributed by atoms with van der Waals surface area (Å²) in [5, 5.41) is 17.1. The first kappa shape index (κ1) is 15.2. The summed E-state index contributed by atoms with van der Waals surface area (Å²) in [4.78, 5) is 12.7. The van der Waals surface area contributed by atoms with E-state index in [4.69, 9.17) is 12.2 Å². The van der Waals surface area contributed by atoms with Crippen molar-refractivity contribution >= 4 is 46.3 Å². The zero-order valence-corrected chi connectivity index (χ0v) is 12.9. The van der Waals surface area contributed by atoms with E-state index in [0.717, 1.165) is 10.4 Å². The van der Waals surface area contributed by atoms with Gasteiger partial charge in [-0.25, -0.2) is 0 Å². The number of rotatable bonds is 3. The molecule has 0 atom stereocenters. The number of carbonyl (C=O) groups excluding carboxylic acids is 1. The fourth-order valence-electron chi connectivity index (χ4n) is 1.60. The average molecular weight is 318 g/mol. The van der Waals surface area contributed by atoms with Gasteiger partial charge in [-0.2, -0.15) is 0 Å². The Hall–Kier alpha value is -2.18. The number of hydrogen-bond donors (Lipinski definition) is 3. The van der Waals surface area contributed by atoms with E-state index in [1.54, 1.807) is 35.6 Å². The fraction of sp³-hybridized carbons (Fsp3) is 0.0667. The number of nitrogens with one attached hydrogen (secondary N) is 2. The highest BCUT2D eigenvalue weighted by molar-refractivity contribution is 7.80. The molecule has 108 valence electrons. The maximum absolute atomic E-state index is 11.7. The minimum absolute atomic E-state index is 0.0753. The molecule has 0 aliphatic carbocycles. The Balaban J connectivity index is 1.92. The Morgan fingerprint density at radius 2 is 2.19 bits per heavy atom. The molecule has 0 aliphatic heterocycles. The summed E-state index contributed by atoms with van der Waals surface area (Å²) in [6, 6.07) is 8.92. The number of hydrogen-bond acceptors (Lipinski definition) is 4. The summed E-state index contributed by atoms with van der Waals surface area (Å²) in [5.74, 6) is -0.251. The summed E-state index contributed by atoms with van der Waals surface area (Å²) in [7, 11) is 0. The molecule has 2 aromatic rings. The van der Waals surface area contributed by atoms with E-state index < -0.39 is 0 Å². The van der Waals surface area contributed by atoms with Crippen molar-refractivity contribution in [2.45, 2.75) is 6.92 Å². The second kappa shape index (κ2) is 7.01. The van der Waals surface area contributed by atoms with Crippen molar-refractivity contribution in [1.29, 1.82) is 0 Å². The molecular weight excluding hydrogens is 304 g/mol. The Kier molecular flexibility index (Phi) is 5.08. The van der Waals surface area contributed by atoms with E-state index in [2.05, 4.69) is 10.6 Å². The lowest BCUT2D eigenvalue weighted by atomic mass is 10.2. The van der Waals surface area contributed by atoms with Crippen LogP contribution in [0.3, 0.4) is 0 Å². The molecule has 1 aromatic carbocycles. The van der Waals surface area contributed by atoms with Gasteiger partial charge in [0, 0.05) is 11.0 Å². The normalized spacial score (nSPS) is 10.5. The van der Waals surface area contributed by atoms with Crippen LogP contribution >= 0.6 is 23.6 Å². The molecule has 2 rings (SSSR count). The van der Waals surface area contributed by atoms with Gasteiger partial charge in [0.05, 0.1) is 5.69 Å². The van der Waals surface area contributed by atoms with Crippen LogP contribution in [0.25, 0.3) is 6.08 Å². The topological polar surface area (TPSA) is 61.4 Å². The minimum Gasteiger partial charge on any atom is -0.506 e. The van der Waals surface area contributed by atoms with Crippen LogP contribution in [0.1, 0.15) is 10.4 Å². The quantitative estimate of drug-likeness (QED) is 0.462. The van der Waals surface area contributed by atoms with E-state index in [9.17, 15) is 9.90 Å². The summed E-state index contributed by atoms with van der Waals surface area (Å²) in [6.07, 6.45) is 3.13. The largest absolute Gasteiger partial charge is 0.506 e. The van der Waals surface area contributed by atoms with E-state index in [1.165, 1.54) is 6.08 Å². The van der Waals surface area contributed by atoms with Gasteiger partial charge in [0.25, 0.3) is 0 Å². The van der Waals surface area contributed by atoms with Gasteiger partial charge >= 0.3 is 0 Å². The van der Waals surface area contributed by atoms with Crippen molar-refractivity contribution in [3.63, 3.8) is 0 Å². The second-order valence-corrected chi connectivity index (χ2v) is 5.70. The smallest absolute Gasteiger partial charge is 0.250 e. The molecule has 1 heterocycles. The number of aryl methyl sites for hydroxylation is 1. The summed E-state index contributed by atoms with van der Waals surface area (Å²) >= 11 is 6.59. The zero-order valence-electron chi connectivity index (χ0n) is 11.3. The highest BCUT2D eigenvalue weighted by atomic mass is 32.1. The van der Waals surface area contributed by atoms with Gasteiger partial charge in [-0.15, -0.1) is 11.3 Å². The molecule has 0 spiro atoms. The van der Waals surface area contributed by atoms with Gasteiger partial charge in [0.15, 0.2) is 5.11 Å². The third-order valence-electron chi connectivity index (χ3n) is 2.58. The molecule has 6 heteroatoms. The molecule has 1 amide bonds. The molecular formula is C15H14N2O2S2. The van der Waals surface area contributed by atoms with E-state index in [-0.39, 0.29) is 16.8 Å². The van der Waals surface area contributed by atoms with E-state index in [1.807, 2.05) is 24.4 Å². The maximum atomic E-state index is 11.7. The van der Waals surface area contributed by atoms with Gasteiger partial charge < -0.3 is 10.4 Å². The lowest BCUT2D eigenvalue weighted by molar-refractivity contribution is -0.115. The number of amides is 1. The number of thiophene rings is 1. The molecule has 0 aliphatic rings. The standard InChI is InChI=1S/C15H14N2O2S2/c1-10-4-6-13(18)12(9-10)16-15(20)17-14(19)7-5-11-3-2-8-21-11/h2-9,18H,1H3,(H2,16,17,19,20). The van der Waals surface area contributed by atoms with Crippen molar-refractivity contribution in [3.8, 4) is 5.75 Å². The Morgan fingerprint density at radius 1 is 1.38 bits per heavy atom. The molecule has 1 aromatic heterocycles. The lowest BCUT2D eigenvalue weighted by Crippen LogP contribution is -2.32. The number of phenols is 1. The first-order valence-electron chi connectivity index (χ1n) is 6.18. The first-order chi connectivity index (χ1) is 10.0. The molecule has 0 saturated heterocycles. The van der Waals surface area contributed by atoms with Gasteiger partial charge in [0.2, 0.25) is 5.91 Å². The van der Waals surface area contributed by atoms with E-state index >= 15 is 0 Å². The number of thiocarbonyl (C=S) groups is 1. The highest BCUT2D eigenvalue weighted by Gasteiger charge is 2.05. The van der Waals surface area contributed by atoms with Crippen LogP contribution in [0, 0.1) is 6.92 Å². The summed E-state index contributed by atoms with van der Waals surface area (Å²) in [5.41, 5.74) is 1.43. The van der Waals surface area contributed by atoms with Crippen molar-refractivity contribution in [2.75, 3.05) is 5.32 Å². The fourth-order valence-corrected chi connectivity index (χ4v) is 2.43. The molecule has 0 bridgehead atoms. The van der Waals surface area contributed by atoms with Crippen molar-refractivity contribution in [1.82, 2.24) is 5.32 Å². The van der Waals surface area contributed by atoms with Crippen molar-refractivity contribution in [3.05, 3.63) is 52.2 Å². The molecule has 0 radical (unpaired) electrons. The van der Waals surface area contributed by atoms with Crippen LogP contribution in [0.4, 0.5) is 5.69 Å². The number of aromatic hydroxyl groups is 1. The van der Waals surface area contributed by atoms with Crippen LogP contribution < -0.4 is 10.6 Å². The Bertz CT molecular complexity index is 679. The zero-order chi connectivity index (χ0) is 15.2. The molecule has 4 nitrogen and oxygen atoms in total. The van der Waals surface area contributed by atoms with Crippen LogP contribution in [0.5, 0.6) is 5.75 Å². The van der Waals surface area contributed by atoms with Gasteiger partial charge in [-0.05, 0) is 54.4 Å². The Labute approximate surface area is 132 Å². The number of carbonyl (C=O) groups is 1. The number of phenolic OH excluding ortho intramolecular Hbond substituents is 1.